The van der Waals surface area contributed by atoms with E-state index in [0.717, 1.165) is 10.9 Å². The summed E-state index contributed by atoms with van der Waals surface area (Å²) in [4.78, 5) is 51.3. The van der Waals surface area contributed by atoms with Crippen molar-refractivity contribution < 1.29 is 24.4 Å². The monoisotopic (exact) mass is 472 g/mol. The van der Waals surface area contributed by atoms with Gasteiger partial charge in [-0.3, -0.25) is 19.7 Å². The number of carbonyl (C=O) groups is 3. The molecule has 2 amide bonds. The van der Waals surface area contributed by atoms with Crippen molar-refractivity contribution in [2.75, 3.05) is 5.32 Å². The zero-order valence-corrected chi connectivity index (χ0v) is 18.2. The number of hydrogen-bond acceptors (Lipinski definition) is 5. The van der Waals surface area contributed by atoms with Crippen molar-refractivity contribution in [1.82, 2.24) is 10.3 Å². The van der Waals surface area contributed by atoms with Crippen molar-refractivity contribution in [3.63, 3.8) is 0 Å². The Labute approximate surface area is 198 Å². The number of anilines is 1. The second-order valence-electron chi connectivity index (χ2n) is 7.72. The van der Waals surface area contributed by atoms with Crippen LogP contribution in [-0.4, -0.2) is 38.8 Å². The van der Waals surface area contributed by atoms with Crippen LogP contribution in [0.2, 0.25) is 0 Å². The SMILES string of the molecule is O=C(Nc1ccccc1C(=O)NC(Cc1ccccc1[N+](=O)[O-])C(=O)O)c1cc2ccccc2[nH]1. The van der Waals surface area contributed by atoms with Crippen LogP contribution in [0, 0.1) is 10.1 Å². The van der Waals surface area contributed by atoms with Crippen LogP contribution in [0.5, 0.6) is 0 Å². The molecule has 0 aliphatic heterocycles. The number of aromatic nitrogens is 1. The van der Waals surface area contributed by atoms with Gasteiger partial charge in [0.15, 0.2) is 0 Å². The first-order chi connectivity index (χ1) is 16.8. The van der Waals surface area contributed by atoms with E-state index in [9.17, 15) is 29.6 Å². The molecule has 0 saturated carbocycles. The summed E-state index contributed by atoms with van der Waals surface area (Å²) >= 11 is 0. The highest BCUT2D eigenvalue weighted by atomic mass is 16.6. The molecule has 0 fully saturated rings. The van der Waals surface area contributed by atoms with Crippen molar-refractivity contribution in [2.24, 2.45) is 0 Å². The van der Waals surface area contributed by atoms with Crippen LogP contribution in [0.15, 0.2) is 78.9 Å². The fourth-order valence-electron chi connectivity index (χ4n) is 3.69. The lowest BCUT2D eigenvalue weighted by Gasteiger charge is -2.16. The molecule has 1 unspecified atom stereocenters. The molecule has 176 valence electrons. The normalized spacial score (nSPS) is 11.5. The molecule has 0 spiro atoms. The Morgan fingerprint density at radius 2 is 1.63 bits per heavy atom. The molecule has 4 aromatic rings. The standard InChI is InChI=1S/C25H20N4O6/c30-23(28-21(25(32)33)14-16-8-2-6-12-22(16)29(34)35)17-9-3-5-11-19(17)27-24(31)20-13-15-7-1-4-10-18(15)26-20/h1-13,21,26H,14H2,(H,27,31)(H,28,30)(H,32,33). The highest BCUT2D eigenvalue weighted by Gasteiger charge is 2.26. The lowest BCUT2D eigenvalue weighted by atomic mass is 10.0. The smallest absolute Gasteiger partial charge is 0.326 e. The number of amides is 2. The number of carboxylic acids is 1. The van der Waals surface area contributed by atoms with E-state index in [-0.39, 0.29) is 28.9 Å². The number of fused-ring (bicyclic) bond motifs is 1. The minimum atomic E-state index is -1.43. The van der Waals surface area contributed by atoms with Gasteiger partial charge in [0.2, 0.25) is 0 Å². The number of nitrogens with one attached hydrogen (secondary N) is 3. The van der Waals surface area contributed by atoms with Crippen LogP contribution >= 0.6 is 0 Å². The van der Waals surface area contributed by atoms with Crippen LogP contribution in [0.4, 0.5) is 11.4 Å². The third-order valence-corrected chi connectivity index (χ3v) is 5.41. The Balaban J connectivity index is 1.54. The summed E-state index contributed by atoms with van der Waals surface area (Å²) in [6, 6.07) is 19.5. The summed E-state index contributed by atoms with van der Waals surface area (Å²) in [6.45, 7) is 0. The van der Waals surface area contributed by atoms with Gasteiger partial charge >= 0.3 is 5.97 Å². The predicted octanol–water partition coefficient (Wildman–Crippen LogP) is 3.75. The molecular formula is C25H20N4O6. The third kappa shape index (κ3) is 5.17. The van der Waals surface area contributed by atoms with E-state index in [1.165, 1.54) is 30.3 Å². The van der Waals surface area contributed by atoms with Gasteiger partial charge in [-0.1, -0.05) is 48.5 Å². The van der Waals surface area contributed by atoms with E-state index in [1.807, 2.05) is 24.3 Å². The zero-order valence-electron chi connectivity index (χ0n) is 18.2. The number of hydrogen-bond donors (Lipinski definition) is 4. The van der Waals surface area contributed by atoms with Gasteiger partial charge in [0.05, 0.1) is 16.2 Å². The Morgan fingerprint density at radius 1 is 0.943 bits per heavy atom. The van der Waals surface area contributed by atoms with Crippen molar-refractivity contribution >= 4 is 40.1 Å². The summed E-state index contributed by atoms with van der Waals surface area (Å²) < 4.78 is 0. The Morgan fingerprint density at radius 3 is 2.37 bits per heavy atom. The predicted molar refractivity (Wildman–Crippen MR) is 128 cm³/mol. The quantitative estimate of drug-likeness (QED) is 0.226. The van der Waals surface area contributed by atoms with Crippen molar-refractivity contribution in [2.45, 2.75) is 12.5 Å². The van der Waals surface area contributed by atoms with Gasteiger partial charge in [0.1, 0.15) is 11.7 Å². The molecule has 10 nitrogen and oxygen atoms in total. The van der Waals surface area contributed by atoms with Gasteiger partial charge in [-0.15, -0.1) is 0 Å². The molecule has 3 aromatic carbocycles. The summed E-state index contributed by atoms with van der Waals surface area (Å²) in [5.74, 6) is -2.57. The molecule has 1 heterocycles. The molecule has 0 bridgehead atoms. The van der Waals surface area contributed by atoms with E-state index in [2.05, 4.69) is 15.6 Å². The van der Waals surface area contributed by atoms with Gasteiger partial charge < -0.3 is 20.7 Å². The topological polar surface area (TPSA) is 154 Å². The fourth-order valence-corrected chi connectivity index (χ4v) is 3.69. The van der Waals surface area contributed by atoms with Crippen molar-refractivity contribution in [3.05, 3.63) is 106 Å². The first kappa shape index (κ1) is 23.2. The third-order valence-electron chi connectivity index (χ3n) is 5.41. The number of H-pyrrole nitrogens is 1. The van der Waals surface area contributed by atoms with E-state index >= 15 is 0 Å². The number of para-hydroxylation sites is 3. The first-order valence-corrected chi connectivity index (χ1v) is 10.6. The number of aromatic amines is 1. The van der Waals surface area contributed by atoms with Gasteiger partial charge in [-0.25, -0.2) is 4.79 Å². The van der Waals surface area contributed by atoms with Gasteiger partial charge in [0, 0.05) is 29.0 Å². The molecule has 0 aliphatic carbocycles. The number of rotatable bonds is 8. The van der Waals surface area contributed by atoms with Crippen LogP contribution in [-0.2, 0) is 11.2 Å². The molecule has 35 heavy (non-hydrogen) atoms. The van der Waals surface area contributed by atoms with Crippen molar-refractivity contribution in [1.29, 1.82) is 0 Å². The van der Waals surface area contributed by atoms with Crippen LogP contribution in [0.1, 0.15) is 26.4 Å². The summed E-state index contributed by atoms with van der Waals surface area (Å²) in [5, 5.41) is 26.8. The molecular weight excluding hydrogens is 452 g/mol. The first-order valence-electron chi connectivity index (χ1n) is 10.6. The number of nitro groups is 1. The number of carbonyl (C=O) groups excluding carboxylic acids is 2. The highest BCUT2D eigenvalue weighted by Crippen LogP contribution is 2.21. The maximum absolute atomic E-state index is 13.0. The average Bonchev–Trinajstić information content (AvgIpc) is 3.28. The van der Waals surface area contributed by atoms with E-state index < -0.39 is 28.7 Å². The van der Waals surface area contributed by atoms with E-state index in [0.29, 0.717) is 5.69 Å². The largest absolute Gasteiger partial charge is 0.480 e. The maximum atomic E-state index is 13.0. The number of nitrogens with zero attached hydrogens (tertiary/aromatic N) is 1. The van der Waals surface area contributed by atoms with Crippen LogP contribution in [0.25, 0.3) is 10.9 Å². The lowest BCUT2D eigenvalue weighted by molar-refractivity contribution is -0.385. The average molecular weight is 472 g/mol. The molecule has 1 aromatic heterocycles. The van der Waals surface area contributed by atoms with Crippen LogP contribution in [0.3, 0.4) is 0 Å². The summed E-state index contributed by atoms with van der Waals surface area (Å²) in [5.41, 5.74) is 1.24. The fraction of sp³-hybridized carbons (Fsp3) is 0.0800. The van der Waals surface area contributed by atoms with Crippen LogP contribution < -0.4 is 10.6 Å². The Hall–Kier alpha value is -4.99. The lowest BCUT2D eigenvalue weighted by Crippen LogP contribution is -2.42. The molecule has 1 atom stereocenters. The van der Waals surface area contributed by atoms with Gasteiger partial charge in [-0.2, -0.15) is 0 Å². The zero-order chi connectivity index (χ0) is 24.9. The number of nitro benzene ring substituents is 1. The number of benzene rings is 3. The van der Waals surface area contributed by atoms with E-state index in [4.69, 9.17) is 0 Å². The second-order valence-corrected chi connectivity index (χ2v) is 7.72. The van der Waals surface area contributed by atoms with Gasteiger partial charge in [0.25, 0.3) is 17.5 Å². The molecule has 0 saturated heterocycles. The highest BCUT2D eigenvalue weighted by molar-refractivity contribution is 6.10. The number of aliphatic carboxylic acids is 1. The minimum Gasteiger partial charge on any atom is -0.480 e. The molecule has 10 heteroatoms. The molecule has 4 N–H and O–H groups in total. The van der Waals surface area contributed by atoms with E-state index in [1.54, 1.807) is 24.3 Å². The minimum absolute atomic E-state index is 0.0470. The second kappa shape index (κ2) is 9.87. The Kier molecular flexibility index (Phi) is 6.54. The van der Waals surface area contributed by atoms with Gasteiger partial charge in [-0.05, 0) is 24.3 Å². The number of carboxylic acid groups (broad SMARTS) is 1. The molecule has 0 radical (unpaired) electrons. The summed E-state index contributed by atoms with van der Waals surface area (Å²) in [6.07, 6.45) is -0.290. The summed E-state index contributed by atoms with van der Waals surface area (Å²) in [7, 11) is 0. The molecule has 0 aliphatic rings. The Bertz CT molecular complexity index is 1410. The molecule has 4 rings (SSSR count). The van der Waals surface area contributed by atoms with Crippen molar-refractivity contribution in [3.8, 4) is 0 Å². The maximum Gasteiger partial charge on any atom is 0.326 e.